The lowest BCUT2D eigenvalue weighted by Gasteiger charge is -2.30. The van der Waals surface area contributed by atoms with E-state index in [2.05, 4.69) is 0 Å². The Balaban J connectivity index is 1.62. The summed E-state index contributed by atoms with van der Waals surface area (Å²) in [6.07, 6.45) is 0.882. The fourth-order valence-corrected chi connectivity index (χ4v) is 4.79. The minimum atomic E-state index is -3.58. The van der Waals surface area contributed by atoms with E-state index in [0.29, 0.717) is 23.6 Å². The number of hydrogen-bond acceptors (Lipinski definition) is 4. The third-order valence-electron chi connectivity index (χ3n) is 4.78. The van der Waals surface area contributed by atoms with Crippen LogP contribution in [-0.2, 0) is 14.8 Å². The standard InChI is InChI=1S/C20H22ClNO4S/c1-14-3-8-19(15(2)13-14)26-20(23)16-9-11-22(12-10-16)27(24,25)18-6-4-17(21)5-7-18/h3-8,13,16H,9-12H2,1-2H3. The molecule has 0 spiro atoms. The number of piperidine rings is 1. The number of halogens is 1. The van der Waals surface area contributed by atoms with Crippen molar-refractivity contribution in [2.75, 3.05) is 13.1 Å². The first-order valence-electron chi connectivity index (χ1n) is 8.82. The van der Waals surface area contributed by atoms with Crippen molar-refractivity contribution in [3.8, 4) is 5.75 Å². The molecule has 2 aromatic carbocycles. The Morgan fingerprint density at radius 2 is 1.70 bits per heavy atom. The van der Waals surface area contributed by atoms with Gasteiger partial charge in [-0.3, -0.25) is 4.79 Å². The Bertz CT molecular complexity index is 933. The zero-order valence-electron chi connectivity index (χ0n) is 15.3. The highest BCUT2D eigenvalue weighted by Gasteiger charge is 2.33. The summed E-state index contributed by atoms with van der Waals surface area (Å²) in [5.74, 6) is -0.0466. The summed E-state index contributed by atoms with van der Waals surface area (Å²) in [7, 11) is -3.58. The molecular formula is C20H22ClNO4S. The van der Waals surface area contributed by atoms with Crippen molar-refractivity contribution >= 4 is 27.6 Å². The number of carbonyl (C=O) groups excluding carboxylic acids is 1. The average Bonchev–Trinajstić information content (AvgIpc) is 2.64. The maximum atomic E-state index is 12.7. The van der Waals surface area contributed by atoms with Crippen LogP contribution in [0.1, 0.15) is 24.0 Å². The Morgan fingerprint density at radius 3 is 2.30 bits per heavy atom. The molecule has 5 nitrogen and oxygen atoms in total. The molecule has 0 aromatic heterocycles. The molecule has 7 heteroatoms. The van der Waals surface area contributed by atoms with Crippen molar-refractivity contribution < 1.29 is 17.9 Å². The first-order chi connectivity index (χ1) is 12.8. The zero-order chi connectivity index (χ0) is 19.6. The van der Waals surface area contributed by atoms with Crippen LogP contribution in [0, 0.1) is 19.8 Å². The molecule has 0 bridgehead atoms. The number of nitrogens with zero attached hydrogens (tertiary/aromatic N) is 1. The van der Waals surface area contributed by atoms with Gasteiger partial charge in [-0.05, 0) is 62.6 Å². The summed E-state index contributed by atoms with van der Waals surface area (Å²) in [5, 5.41) is 0.488. The second-order valence-electron chi connectivity index (χ2n) is 6.82. The molecule has 1 aliphatic rings. The highest BCUT2D eigenvalue weighted by Crippen LogP contribution is 2.27. The Hall–Kier alpha value is -1.89. The van der Waals surface area contributed by atoms with E-state index in [9.17, 15) is 13.2 Å². The molecule has 0 radical (unpaired) electrons. The van der Waals surface area contributed by atoms with Crippen molar-refractivity contribution in [2.45, 2.75) is 31.6 Å². The first kappa shape index (κ1) is 19.9. The van der Waals surface area contributed by atoms with Crippen LogP contribution in [0.2, 0.25) is 5.02 Å². The number of esters is 1. The molecular weight excluding hydrogens is 386 g/mol. The third-order valence-corrected chi connectivity index (χ3v) is 6.94. The van der Waals surface area contributed by atoms with Crippen molar-refractivity contribution in [3.63, 3.8) is 0 Å². The number of ether oxygens (including phenoxy) is 1. The molecule has 0 aliphatic carbocycles. The fourth-order valence-electron chi connectivity index (χ4n) is 3.19. The van der Waals surface area contributed by atoms with Crippen LogP contribution in [0.5, 0.6) is 5.75 Å². The molecule has 27 heavy (non-hydrogen) atoms. The molecule has 1 heterocycles. The quantitative estimate of drug-likeness (QED) is 0.568. The number of aryl methyl sites for hydroxylation is 2. The molecule has 3 rings (SSSR count). The van der Waals surface area contributed by atoms with Gasteiger partial charge in [0.05, 0.1) is 10.8 Å². The maximum absolute atomic E-state index is 12.7. The van der Waals surface area contributed by atoms with E-state index < -0.39 is 10.0 Å². The number of sulfonamides is 1. The van der Waals surface area contributed by atoms with Crippen LogP contribution in [0.4, 0.5) is 0 Å². The molecule has 0 atom stereocenters. The highest BCUT2D eigenvalue weighted by atomic mass is 35.5. The van der Waals surface area contributed by atoms with Crippen LogP contribution in [0.25, 0.3) is 0 Å². The topological polar surface area (TPSA) is 63.7 Å². The van der Waals surface area contributed by atoms with Gasteiger partial charge < -0.3 is 4.74 Å². The lowest BCUT2D eigenvalue weighted by Crippen LogP contribution is -2.41. The van der Waals surface area contributed by atoms with E-state index in [1.165, 1.54) is 16.4 Å². The van der Waals surface area contributed by atoms with E-state index in [4.69, 9.17) is 16.3 Å². The van der Waals surface area contributed by atoms with Crippen LogP contribution in [0.15, 0.2) is 47.4 Å². The second-order valence-corrected chi connectivity index (χ2v) is 9.20. The predicted molar refractivity (Wildman–Crippen MR) is 104 cm³/mol. The van der Waals surface area contributed by atoms with Gasteiger partial charge in [0, 0.05) is 18.1 Å². The Labute approximate surface area is 165 Å². The molecule has 1 fully saturated rings. The normalized spacial score (nSPS) is 16.3. The van der Waals surface area contributed by atoms with Crippen LogP contribution >= 0.6 is 11.6 Å². The van der Waals surface area contributed by atoms with Crippen LogP contribution in [-0.4, -0.2) is 31.8 Å². The van der Waals surface area contributed by atoms with E-state index in [0.717, 1.165) is 11.1 Å². The van der Waals surface area contributed by atoms with Gasteiger partial charge in [-0.25, -0.2) is 8.42 Å². The highest BCUT2D eigenvalue weighted by molar-refractivity contribution is 7.89. The van der Waals surface area contributed by atoms with Crippen LogP contribution < -0.4 is 4.74 Å². The number of benzene rings is 2. The molecule has 1 saturated heterocycles. The van der Waals surface area contributed by atoms with Gasteiger partial charge in [0.15, 0.2) is 0 Å². The molecule has 0 amide bonds. The largest absolute Gasteiger partial charge is 0.426 e. The van der Waals surface area contributed by atoms with Gasteiger partial charge in [0.1, 0.15) is 5.75 Å². The van der Waals surface area contributed by atoms with E-state index in [1.54, 1.807) is 18.2 Å². The minimum Gasteiger partial charge on any atom is -0.426 e. The lowest BCUT2D eigenvalue weighted by molar-refractivity contribution is -0.140. The van der Waals surface area contributed by atoms with Crippen molar-refractivity contribution in [1.29, 1.82) is 0 Å². The monoisotopic (exact) mass is 407 g/mol. The zero-order valence-corrected chi connectivity index (χ0v) is 16.9. The molecule has 1 aliphatic heterocycles. The summed E-state index contributed by atoms with van der Waals surface area (Å²) in [5.41, 5.74) is 2.01. The molecule has 0 saturated carbocycles. The average molecular weight is 408 g/mol. The van der Waals surface area contributed by atoms with Gasteiger partial charge in [-0.15, -0.1) is 0 Å². The van der Waals surface area contributed by atoms with Gasteiger partial charge >= 0.3 is 5.97 Å². The maximum Gasteiger partial charge on any atom is 0.314 e. The van der Waals surface area contributed by atoms with Crippen molar-refractivity contribution in [2.24, 2.45) is 5.92 Å². The van der Waals surface area contributed by atoms with Gasteiger partial charge in [0.2, 0.25) is 10.0 Å². The first-order valence-corrected chi connectivity index (χ1v) is 10.6. The molecule has 144 valence electrons. The molecule has 0 N–H and O–H groups in total. The third kappa shape index (κ3) is 4.51. The minimum absolute atomic E-state index is 0.211. The lowest BCUT2D eigenvalue weighted by atomic mass is 9.98. The number of carbonyl (C=O) groups is 1. The van der Waals surface area contributed by atoms with Gasteiger partial charge in [-0.1, -0.05) is 29.3 Å². The Morgan fingerprint density at radius 1 is 1.07 bits per heavy atom. The summed E-state index contributed by atoms with van der Waals surface area (Å²) in [6.45, 7) is 4.46. The summed E-state index contributed by atoms with van der Waals surface area (Å²) in [6, 6.07) is 11.8. The Kier molecular flexibility index (Phi) is 5.89. The van der Waals surface area contributed by atoms with Crippen molar-refractivity contribution in [1.82, 2.24) is 4.31 Å². The molecule has 0 unspecified atom stereocenters. The summed E-state index contributed by atoms with van der Waals surface area (Å²) >= 11 is 5.83. The molecule has 2 aromatic rings. The van der Waals surface area contributed by atoms with E-state index in [1.807, 2.05) is 26.0 Å². The summed E-state index contributed by atoms with van der Waals surface area (Å²) < 4.78 is 32.4. The van der Waals surface area contributed by atoms with Crippen LogP contribution in [0.3, 0.4) is 0 Å². The smallest absolute Gasteiger partial charge is 0.314 e. The second kappa shape index (κ2) is 8.00. The fraction of sp³-hybridized carbons (Fsp3) is 0.350. The van der Waals surface area contributed by atoms with Crippen molar-refractivity contribution in [3.05, 3.63) is 58.6 Å². The van der Waals surface area contributed by atoms with E-state index in [-0.39, 0.29) is 29.9 Å². The number of rotatable bonds is 4. The van der Waals surface area contributed by atoms with E-state index >= 15 is 0 Å². The van der Waals surface area contributed by atoms with Gasteiger partial charge in [-0.2, -0.15) is 4.31 Å². The number of hydrogen-bond donors (Lipinski definition) is 0. The predicted octanol–water partition coefficient (Wildman–Crippen LogP) is 3.96. The SMILES string of the molecule is Cc1ccc(OC(=O)C2CCN(S(=O)(=O)c3ccc(Cl)cc3)CC2)c(C)c1. The summed E-state index contributed by atoms with van der Waals surface area (Å²) in [4.78, 5) is 12.7. The van der Waals surface area contributed by atoms with Gasteiger partial charge in [0.25, 0.3) is 0 Å².